The summed E-state index contributed by atoms with van der Waals surface area (Å²) in [6.45, 7) is 3.72. The SMILES string of the molecule is CCCCCCCCCCCCCCC[C@@H](O)[C@@H](N)COC(C)=O. The standard InChI is InChI=1S/C20H41NO3/c1-3-4-5-6-7-8-9-10-11-12-13-14-15-16-20(23)19(21)17-24-18(2)22/h19-20,23H,3-17,21H2,1-2H3/t19-,20+/m0/s1. The van der Waals surface area contributed by atoms with Crippen LogP contribution in [0.25, 0.3) is 0 Å². The summed E-state index contributed by atoms with van der Waals surface area (Å²) >= 11 is 0. The van der Waals surface area contributed by atoms with E-state index in [1.807, 2.05) is 0 Å². The first-order valence-corrected chi connectivity index (χ1v) is 10.1. The molecule has 0 heterocycles. The fourth-order valence-corrected chi connectivity index (χ4v) is 2.91. The van der Waals surface area contributed by atoms with Crippen LogP contribution in [0, 0.1) is 0 Å². The number of unbranched alkanes of at least 4 members (excludes halogenated alkanes) is 12. The van der Waals surface area contributed by atoms with E-state index < -0.39 is 12.1 Å². The predicted molar refractivity (Wildman–Crippen MR) is 101 cm³/mol. The van der Waals surface area contributed by atoms with Crippen LogP contribution in [0.15, 0.2) is 0 Å². The molecule has 0 saturated heterocycles. The Kier molecular flexibility index (Phi) is 16.8. The number of carbonyl (C=O) groups is 1. The smallest absolute Gasteiger partial charge is 0.302 e. The molecule has 0 spiro atoms. The number of hydrogen-bond acceptors (Lipinski definition) is 4. The third-order valence-electron chi connectivity index (χ3n) is 4.58. The molecule has 0 amide bonds. The summed E-state index contributed by atoms with van der Waals surface area (Å²) in [5.74, 6) is -0.349. The summed E-state index contributed by atoms with van der Waals surface area (Å²) in [5, 5.41) is 9.89. The molecule has 0 aliphatic heterocycles. The van der Waals surface area contributed by atoms with E-state index in [0.717, 1.165) is 12.8 Å². The van der Waals surface area contributed by atoms with Gasteiger partial charge in [0.25, 0.3) is 0 Å². The molecule has 0 unspecified atom stereocenters. The van der Waals surface area contributed by atoms with Crippen molar-refractivity contribution >= 4 is 5.97 Å². The minimum absolute atomic E-state index is 0.106. The average Bonchev–Trinajstić information content (AvgIpc) is 2.56. The van der Waals surface area contributed by atoms with Gasteiger partial charge < -0.3 is 15.6 Å². The van der Waals surface area contributed by atoms with Crippen LogP contribution < -0.4 is 5.73 Å². The van der Waals surface area contributed by atoms with Crippen molar-refractivity contribution in [2.45, 2.75) is 116 Å². The molecule has 144 valence electrons. The van der Waals surface area contributed by atoms with Gasteiger partial charge >= 0.3 is 5.97 Å². The van der Waals surface area contributed by atoms with Crippen molar-refractivity contribution in [3.05, 3.63) is 0 Å². The Balaban J connectivity index is 3.25. The molecule has 0 rings (SSSR count). The monoisotopic (exact) mass is 343 g/mol. The van der Waals surface area contributed by atoms with E-state index in [0.29, 0.717) is 6.42 Å². The van der Waals surface area contributed by atoms with E-state index in [-0.39, 0.29) is 12.6 Å². The summed E-state index contributed by atoms with van der Waals surface area (Å²) in [5.41, 5.74) is 5.79. The Bertz CT molecular complexity index is 284. The fourth-order valence-electron chi connectivity index (χ4n) is 2.91. The van der Waals surface area contributed by atoms with Crippen LogP contribution in [0.3, 0.4) is 0 Å². The van der Waals surface area contributed by atoms with Crippen molar-refractivity contribution < 1.29 is 14.6 Å². The lowest BCUT2D eigenvalue weighted by Gasteiger charge is -2.18. The second-order valence-electron chi connectivity index (χ2n) is 7.07. The average molecular weight is 344 g/mol. The topological polar surface area (TPSA) is 72.6 Å². The highest BCUT2D eigenvalue weighted by atomic mass is 16.5. The normalized spacial score (nSPS) is 13.7. The van der Waals surface area contributed by atoms with E-state index in [2.05, 4.69) is 6.92 Å². The molecule has 0 radical (unpaired) electrons. The van der Waals surface area contributed by atoms with Gasteiger partial charge in [0.2, 0.25) is 0 Å². The number of aliphatic hydroxyl groups excluding tert-OH is 1. The zero-order valence-corrected chi connectivity index (χ0v) is 16.1. The summed E-state index contributed by atoms with van der Waals surface area (Å²) < 4.78 is 4.82. The molecular weight excluding hydrogens is 302 g/mol. The quantitative estimate of drug-likeness (QED) is 0.296. The van der Waals surface area contributed by atoms with Gasteiger partial charge in [-0.1, -0.05) is 90.4 Å². The van der Waals surface area contributed by atoms with Crippen LogP contribution in [0.5, 0.6) is 0 Å². The Labute approximate surface area is 149 Å². The molecule has 0 fully saturated rings. The Morgan fingerprint density at radius 1 is 0.875 bits per heavy atom. The van der Waals surface area contributed by atoms with Crippen LogP contribution in [0.4, 0.5) is 0 Å². The minimum Gasteiger partial charge on any atom is -0.464 e. The minimum atomic E-state index is -0.572. The van der Waals surface area contributed by atoms with Gasteiger partial charge in [0, 0.05) is 6.92 Å². The second-order valence-corrected chi connectivity index (χ2v) is 7.07. The van der Waals surface area contributed by atoms with Gasteiger partial charge in [-0.2, -0.15) is 0 Å². The maximum Gasteiger partial charge on any atom is 0.302 e. The van der Waals surface area contributed by atoms with Crippen LogP contribution in [0.1, 0.15) is 104 Å². The maximum absolute atomic E-state index is 10.7. The van der Waals surface area contributed by atoms with Gasteiger partial charge in [0.05, 0.1) is 12.1 Å². The van der Waals surface area contributed by atoms with E-state index in [1.165, 1.54) is 77.6 Å². The molecule has 2 atom stereocenters. The first-order chi connectivity index (χ1) is 11.6. The van der Waals surface area contributed by atoms with E-state index >= 15 is 0 Å². The third-order valence-corrected chi connectivity index (χ3v) is 4.58. The zero-order valence-electron chi connectivity index (χ0n) is 16.1. The largest absolute Gasteiger partial charge is 0.464 e. The second kappa shape index (κ2) is 17.2. The molecule has 0 aromatic heterocycles. The van der Waals surface area contributed by atoms with Crippen LogP contribution in [0.2, 0.25) is 0 Å². The molecule has 4 nitrogen and oxygen atoms in total. The molecule has 24 heavy (non-hydrogen) atoms. The van der Waals surface area contributed by atoms with Gasteiger partial charge in [-0.3, -0.25) is 4.79 Å². The van der Waals surface area contributed by atoms with Gasteiger partial charge in [0.15, 0.2) is 0 Å². The summed E-state index contributed by atoms with van der Waals surface area (Å²) in [6.07, 6.45) is 17.2. The number of aliphatic hydroxyl groups is 1. The van der Waals surface area contributed by atoms with E-state index in [1.54, 1.807) is 0 Å². The summed E-state index contributed by atoms with van der Waals surface area (Å²) in [4.78, 5) is 10.7. The Morgan fingerprint density at radius 2 is 1.29 bits per heavy atom. The van der Waals surface area contributed by atoms with Crippen LogP contribution in [-0.4, -0.2) is 29.8 Å². The first kappa shape index (κ1) is 23.4. The number of esters is 1. The lowest BCUT2D eigenvalue weighted by molar-refractivity contribution is -0.142. The molecule has 0 aromatic carbocycles. The number of ether oxygens (including phenoxy) is 1. The van der Waals surface area contributed by atoms with Gasteiger partial charge in [-0.25, -0.2) is 0 Å². The van der Waals surface area contributed by atoms with Crippen molar-refractivity contribution in [3.8, 4) is 0 Å². The van der Waals surface area contributed by atoms with Crippen molar-refractivity contribution in [2.75, 3.05) is 6.61 Å². The van der Waals surface area contributed by atoms with Gasteiger partial charge in [-0.15, -0.1) is 0 Å². The molecular formula is C20H41NO3. The van der Waals surface area contributed by atoms with Gasteiger partial charge in [0.1, 0.15) is 6.61 Å². The highest BCUT2D eigenvalue weighted by Crippen LogP contribution is 2.13. The van der Waals surface area contributed by atoms with Crippen molar-refractivity contribution in [1.29, 1.82) is 0 Å². The zero-order chi connectivity index (χ0) is 18.0. The predicted octanol–water partition coefficient (Wildman–Crippen LogP) is 4.72. The highest BCUT2D eigenvalue weighted by Gasteiger charge is 2.15. The van der Waals surface area contributed by atoms with Crippen LogP contribution in [-0.2, 0) is 9.53 Å². The summed E-state index contributed by atoms with van der Waals surface area (Å²) in [6, 6.07) is -0.466. The van der Waals surface area contributed by atoms with E-state index in [9.17, 15) is 9.90 Å². The highest BCUT2D eigenvalue weighted by molar-refractivity contribution is 5.65. The first-order valence-electron chi connectivity index (χ1n) is 10.1. The number of carbonyl (C=O) groups excluding carboxylic acids is 1. The van der Waals surface area contributed by atoms with Crippen molar-refractivity contribution in [2.24, 2.45) is 5.73 Å². The molecule has 0 bridgehead atoms. The third kappa shape index (κ3) is 16.3. The molecule has 0 saturated carbocycles. The Hall–Kier alpha value is -0.610. The van der Waals surface area contributed by atoms with Crippen molar-refractivity contribution in [1.82, 2.24) is 0 Å². The summed E-state index contributed by atoms with van der Waals surface area (Å²) in [7, 11) is 0. The molecule has 3 N–H and O–H groups in total. The fraction of sp³-hybridized carbons (Fsp3) is 0.950. The molecule has 0 aromatic rings. The van der Waals surface area contributed by atoms with E-state index in [4.69, 9.17) is 10.5 Å². The molecule has 4 heteroatoms. The maximum atomic E-state index is 10.7. The number of nitrogens with two attached hydrogens (primary N) is 1. The number of hydrogen-bond donors (Lipinski definition) is 2. The number of rotatable bonds is 17. The molecule has 0 aliphatic rings. The van der Waals surface area contributed by atoms with Crippen LogP contribution >= 0.6 is 0 Å². The Morgan fingerprint density at radius 3 is 1.71 bits per heavy atom. The lowest BCUT2D eigenvalue weighted by atomic mass is 10.0. The van der Waals surface area contributed by atoms with Gasteiger partial charge in [-0.05, 0) is 6.42 Å². The lowest BCUT2D eigenvalue weighted by Crippen LogP contribution is -2.39. The van der Waals surface area contributed by atoms with Crippen molar-refractivity contribution in [3.63, 3.8) is 0 Å². The molecule has 0 aliphatic carbocycles.